The van der Waals surface area contributed by atoms with Crippen LogP contribution in [0.2, 0.25) is 0 Å². The van der Waals surface area contributed by atoms with Gasteiger partial charge in [0.2, 0.25) is 0 Å². The highest BCUT2D eigenvalue weighted by Crippen LogP contribution is 2.15. The van der Waals surface area contributed by atoms with Crippen LogP contribution in [-0.2, 0) is 11.2 Å². The normalized spacial score (nSPS) is 12.0. The van der Waals surface area contributed by atoms with Crippen molar-refractivity contribution in [2.45, 2.75) is 32.2 Å². The van der Waals surface area contributed by atoms with Gasteiger partial charge in [-0.05, 0) is 31.4 Å². The molecule has 0 aliphatic heterocycles. The number of pyridine rings is 1. The molecule has 0 saturated heterocycles. The Hall–Kier alpha value is -3.22. The zero-order valence-corrected chi connectivity index (χ0v) is 14.4. The molecule has 0 aliphatic carbocycles. The van der Waals surface area contributed by atoms with Crippen molar-refractivity contribution in [2.75, 3.05) is 0 Å². The second-order valence-electron chi connectivity index (χ2n) is 6.24. The van der Waals surface area contributed by atoms with Crippen molar-refractivity contribution in [1.82, 2.24) is 20.5 Å². The number of benzene rings is 1. The summed E-state index contributed by atoms with van der Waals surface area (Å²) in [5, 5.41) is 19.6. The minimum atomic E-state index is -0.880. The lowest BCUT2D eigenvalue weighted by Gasteiger charge is -2.18. The van der Waals surface area contributed by atoms with Gasteiger partial charge in [0.1, 0.15) is 0 Å². The summed E-state index contributed by atoms with van der Waals surface area (Å²) in [6.45, 7) is 1.86. The Morgan fingerprint density at radius 3 is 2.77 bits per heavy atom. The van der Waals surface area contributed by atoms with Crippen molar-refractivity contribution in [2.24, 2.45) is 0 Å². The smallest absolute Gasteiger partial charge is 0.303 e. The summed E-state index contributed by atoms with van der Waals surface area (Å²) in [6, 6.07) is 11.2. The van der Waals surface area contributed by atoms with Crippen LogP contribution in [0, 0.1) is 6.92 Å². The number of amides is 1. The molecular weight excluding hydrogens is 332 g/mol. The number of carboxylic acids is 1. The monoisotopic (exact) mass is 352 g/mol. The number of aryl methyl sites for hydroxylation is 1. The SMILES string of the molecule is Cc1[nH]nc2ncc(C(=O)NC(CCC(=O)O)Cc3ccccc3)cc12. The number of nitrogens with one attached hydrogen (secondary N) is 2. The number of aromatic amines is 1. The lowest BCUT2D eigenvalue weighted by Crippen LogP contribution is -2.37. The van der Waals surface area contributed by atoms with Gasteiger partial charge in [0.25, 0.3) is 5.91 Å². The maximum atomic E-state index is 12.6. The molecule has 1 unspecified atom stereocenters. The Kier molecular flexibility index (Phi) is 5.26. The number of hydrogen-bond donors (Lipinski definition) is 3. The van der Waals surface area contributed by atoms with E-state index in [0.29, 0.717) is 24.1 Å². The van der Waals surface area contributed by atoms with Crippen molar-refractivity contribution >= 4 is 22.9 Å². The molecule has 1 amide bonds. The summed E-state index contributed by atoms with van der Waals surface area (Å²) in [6.07, 6.45) is 2.40. The van der Waals surface area contributed by atoms with Gasteiger partial charge in [-0.3, -0.25) is 14.7 Å². The minimum Gasteiger partial charge on any atom is -0.481 e. The third-order valence-electron chi connectivity index (χ3n) is 4.23. The van der Waals surface area contributed by atoms with Crippen LogP contribution in [0.1, 0.15) is 34.5 Å². The Bertz CT molecular complexity index is 921. The molecule has 26 heavy (non-hydrogen) atoms. The predicted octanol–water partition coefficient (Wildman–Crippen LogP) is 2.47. The Morgan fingerprint density at radius 1 is 1.27 bits per heavy atom. The van der Waals surface area contributed by atoms with Crippen LogP contribution in [0.15, 0.2) is 42.6 Å². The largest absolute Gasteiger partial charge is 0.481 e. The van der Waals surface area contributed by atoms with Crippen LogP contribution in [-0.4, -0.2) is 38.2 Å². The lowest BCUT2D eigenvalue weighted by molar-refractivity contribution is -0.137. The van der Waals surface area contributed by atoms with Gasteiger partial charge in [-0.25, -0.2) is 4.98 Å². The van der Waals surface area contributed by atoms with E-state index in [0.717, 1.165) is 16.6 Å². The van der Waals surface area contributed by atoms with Crippen molar-refractivity contribution in [3.05, 3.63) is 59.4 Å². The number of fused-ring (bicyclic) bond motifs is 1. The van der Waals surface area contributed by atoms with E-state index in [1.807, 2.05) is 37.3 Å². The van der Waals surface area contributed by atoms with Crippen LogP contribution in [0.5, 0.6) is 0 Å². The standard InChI is InChI=1S/C19H20N4O3/c1-12-16-10-14(11-20-18(16)23-22-12)19(26)21-15(7-8-17(24)25)9-13-5-3-2-4-6-13/h2-6,10-11,15H,7-9H2,1H3,(H,21,26)(H,24,25)(H,20,22,23). The molecular formula is C19H20N4O3. The van der Waals surface area contributed by atoms with Crippen LogP contribution >= 0.6 is 0 Å². The zero-order valence-electron chi connectivity index (χ0n) is 14.4. The summed E-state index contributed by atoms with van der Waals surface area (Å²) < 4.78 is 0. The lowest BCUT2D eigenvalue weighted by atomic mass is 10.0. The van der Waals surface area contributed by atoms with E-state index in [1.165, 1.54) is 6.20 Å². The second kappa shape index (κ2) is 7.77. The van der Waals surface area contributed by atoms with Crippen LogP contribution in [0.25, 0.3) is 11.0 Å². The average molecular weight is 352 g/mol. The van der Waals surface area contributed by atoms with Crippen LogP contribution in [0.4, 0.5) is 0 Å². The molecule has 0 aliphatic rings. The van der Waals surface area contributed by atoms with Gasteiger partial charge >= 0.3 is 5.97 Å². The molecule has 0 radical (unpaired) electrons. The molecule has 0 bridgehead atoms. The first-order chi connectivity index (χ1) is 12.5. The van der Waals surface area contributed by atoms with Gasteiger partial charge in [0.15, 0.2) is 5.65 Å². The first-order valence-electron chi connectivity index (χ1n) is 8.40. The predicted molar refractivity (Wildman–Crippen MR) is 96.9 cm³/mol. The van der Waals surface area contributed by atoms with Crippen molar-refractivity contribution in [1.29, 1.82) is 0 Å². The fourth-order valence-corrected chi connectivity index (χ4v) is 2.83. The van der Waals surface area contributed by atoms with E-state index in [1.54, 1.807) is 6.07 Å². The molecule has 134 valence electrons. The molecule has 3 N–H and O–H groups in total. The van der Waals surface area contributed by atoms with E-state index in [9.17, 15) is 9.59 Å². The highest BCUT2D eigenvalue weighted by molar-refractivity contribution is 5.97. The summed E-state index contributed by atoms with van der Waals surface area (Å²) in [4.78, 5) is 27.8. The number of nitrogens with zero attached hydrogens (tertiary/aromatic N) is 2. The van der Waals surface area contributed by atoms with Gasteiger partial charge in [-0.1, -0.05) is 30.3 Å². The van der Waals surface area contributed by atoms with Crippen LogP contribution < -0.4 is 5.32 Å². The number of carbonyl (C=O) groups excluding carboxylic acids is 1. The van der Waals surface area contributed by atoms with E-state index >= 15 is 0 Å². The summed E-state index contributed by atoms with van der Waals surface area (Å²) in [5.41, 5.74) is 2.87. The van der Waals surface area contributed by atoms with Gasteiger partial charge in [-0.15, -0.1) is 0 Å². The Balaban J connectivity index is 1.76. The van der Waals surface area contributed by atoms with E-state index in [4.69, 9.17) is 5.11 Å². The number of rotatable bonds is 7. The van der Waals surface area contributed by atoms with E-state index in [-0.39, 0.29) is 18.4 Å². The molecule has 2 heterocycles. The fourth-order valence-electron chi connectivity index (χ4n) is 2.83. The zero-order chi connectivity index (χ0) is 18.5. The maximum Gasteiger partial charge on any atom is 0.303 e. The molecule has 0 spiro atoms. The number of aliphatic carboxylic acids is 1. The second-order valence-corrected chi connectivity index (χ2v) is 6.24. The number of H-pyrrole nitrogens is 1. The van der Waals surface area contributed by atoms with E-state index in [2.05, 4.69) is 20.5 Å². The van der Waals surface area contributed by atoms with Gasteiger partial charge in [0.05, 0.1) is 5.56 Å². The highest BCUT2D eigenvalue weighted by Gasteiger charge is 2.17. The van der Waals surface area contributed by atoms with Gasteiger partial charge in [0, 0.05) is 29.7 Å². The third-order valence-corrected chi connectivity index (χ3v) is 4.23. The van der Waals surface area contributed by atoms with Crippen molar-refractivity contribution in [3.8, 4) is 0 Å². The summed E-state index contributed by atoms with van der Waals surface area (Å²) in [5.74, 6) is -1.15. The van der Waals surface area contributed by atoms with Crippen LogP contribution in [0.3, 0.4) is 0 Å². The van der Waals surface area contributed by atoms with Crippen molar-refractivity contribution < 1.29 is 14.7 Å². The molecule has 3 aromatic rings. The molecule has 7 nitrogen and oxygen atoms in total. The quantitative estimate of drug-likeness (QED) is 0.605. The summed E-state index contributed by atoms with van der Waals surface area (Å²) >= 11 is 0. The summed E-state index contributed by atoms with van der Waals surface area (Å²) in [7, 11) is 0. The first kappa shape index (κ1) is 17.6. The molecule has 1 aromatic carbocycles. The molecule has 0 fully saturated rings. The maximum absolute atomic E-state index is 12.6. The first-order valence-corrected chi connectivity index (χ1v) is 8.40. The Morgan fingerprint density at radius 2 is 2.04 bits per heavy atom. The third kappa shape index (κ3) is 4.24. The number of aromatic nitrogens is 3. The Labute approximate surface area is 150 Å². The number of hydrogen-bond acceptors (Lipinski definition) is 4. The molecule has 1 atom stereocenters. The van der Waals surface area contributed by atoms with E-state index < -0.39 is 5.97 Å². The minimum absolute atomic E-state index is 0.00406. The number of carboxylic acid groups (broad SMARTS) is 1. The van der Waals surface area contributed by atoms with Gasteiger partial charge in [-0.2, -0.15) is 5.10 Å². The highest BCUT2D eigenvalue weighted by atomic mass is 16.4. The molecule has 3 rings (SSSR count). The molecule has 7 heteroatoms. The van der Waals surface area contributed by atoms with Gasteiger partial charge < -0.3 is 10.4 Å². The fraction of sp³-hybridized carbons (Fsp3) is 0.263. The molecule has 0 saturated carbocycles. The van der Waals surface area contributed by atoms with Crippen molar-refractivity contribution in [3.63, 3.8) is 0 Å². The topological polar surface area (TPSA) is 108 Å². The molecule has 2 aromatic heterocycles. The average Bonchev–Trinajstić information content (AvgIpc) is 3.01. The number of carbonyl (C=O) groups is 2.